The van der Waals surface area contributed by atoms with Gasteiger partial charge < -0.3 is 9.72 Å². The number of hydrogen-bond acceptors (Lipinski definition) is 4. The third-order valence-corrected chi connectivity index (χ3v) is 5.86. The van der Waals surface area contributed by atoms with Crippen LogP contribution in [0.3, 0.4) is 0 Å². The van der Waals surface area contributed by atoms with Crippen LogP contribution in [0.1, 0.15) is 50.7 Å². The van der Waals surface area contributed by atoms with E-state index in [4.69, 9.17) is 4.74 Å². The Kier molecular flexibility index (Phi) is 4.13. The van der Waals surface area contributed by atoms with Gasteiger partial charge in [-0.05, 0) is 39.5 Å². The highest BCUT2D eigenvalue weighted by molar-refractivity contribution is 5.25. The number of rotatable bonds is 2. The SMILES string of the molecule is COC1CCN(C2(C)CCc3nc(C)[nH]c(=O)c3C2)CC1(C)C. The maximum Gasteiger partial charge on any atom is 0.254 e. The van der Waals surface area contributed by atoms with Crippen LogP contribution in [-0.2, 0) is 17.6 Å². The van der Waals surface area contributed by atoms with E-state index >= 15 is 0 Å². The van der Waals surface area contributed by atoms with E-state index in [-0.39, 0.29) is 16.5 Å². The van der Waals surface area contributed by atoms with Gasteiger partial charge in [0, 0.05) is 36.7 Å². The predicted molar refractivity (Wildman–Crippen MR) is 90.8 cm³/mol. The number of methoxy groups -OCH3 is 1. The summed E-state index contributed by atoms with van der Waals surface area (Å²) in [5.41, 5.74) is 2.09. The van der Waals surface area contributed by atoms with Crippen molar-refractivity contribution < 1.29 is 4.74 Å². The van der Waals surface area contributed by atoms with Gasteiger partial charge in [0.15, 0.2) is 0 Å². The fourth-order valence-electron chi connectivity index (χ4n) is 4.42. The van der Waals surface area contributed by atoms with E-state index in [0.29, 0.717) is 6.10 Å². The molecule has 1 N–H and O–H groups in total. The number of fused-ring (bicyclic) bond motifs is 1. The molecule has 23 heavy (non-hydrogen) atoms. The second-order valence-electron chi connectivity index (χ2n) is 8.17. The summed E-state index contributed by atoms with van der Waals surface area (Å²) >= 11 is 0. The van der Waals surface area contributed by atoms with Crippen LogP contribution >= 0.6 is 0 Å². The van der Waals surface area contributed by atoms with Gasteiger partial charge in [-0.1, -0.05) is 13.8 Å². The van der Waals surface area contributed by atoms with E-state index in [0.717, 1.165) is 55.9 Å². The quantitative estimate of drug-likeness (QED) is 0.907. The van der Waals surface area contributed by atoms with Gasteiger partial charge >= 0.3 is 0 Å². The molecule has 0 bridgehead atoms. The summed E-state index contributed by atoms with van der Waals surface area (Å²) in [6, 6.07) is 0. The molecule has 0 saturated carbocycles. The van der Waals surface area contributed by atoms with Crippen molar-refractivity contribution in [3.8, 4) is 0 Å². The molecule has 1 aromatic heterocycles. The van der Waals surface area contributed by atoms with Crippen molar-refractivity contribution in [2.75, 3.05) is 20.2 Å². The van der Waals surface area contributed by atoms with Crippen LogP contribution in [0, 0.1) is 12.3 Å². The van der Waals surface area contributed by atoms with Gasteiger partial charge in [0.1, 0.15) is 5.82 Å². The van der Waals surface area contributed by atoms with Gasteiger partial charge in [0.05, 0.1) is 11.8 Å². The van der Waals surface area contributed by atoms with E-state index < -0.39 is 0 Å². The van der Waals surface area contributed by atoms with Gasteiger partial charge in [-0.15, -0.1) is 0 Å². The van der Waals surface area contributed by atoms with Crippen molar-refractivity contribution in [3.63, 3.8) is 0 Å². The molecule has 2 heterocycles. The standard InChI is InChI=1S/C18H29N3O2/c1-12-19-14-6-8-18(4,10-13(14)16(22)20-12)21-9-7-15(23-5)17(2,3)11-21/h15H,6-11H2,1-5H3,(H,19,20,22). The first-order valence-electron chi connectivity index (χ1n) is 8.62. The van der Waals surface area contributed by atoms with Crippen LogP contribution < -0.4 is 5.56 Å². The third-order valence-electron chi connectivity index (χ3n) is 5.86. The van der Waals surface area contributed by atoms with Gasteiger partial charge in [0.2, 0.25) is 0 Å². The zero-order chi connectivity index (χ0) is 16.8. The molecule has 5 nitrogen and oxygen atoms in total. The smallest absolute Gasteiger partial charge is 0.254 e. The number of piperidine rings is 1. The number of aromatic amines is 1. The number of ether oxygens (including phenoxy) is 1. The zero-order valence-electron chi connectivity index (χ0n) is 15.0. The molecule has 1 fully saturated rings. The number of nitrogens with one attached hydrogen (secondary N) is 1. The second-order valence-corrected chi connectivity index (χ2v) is 8.17. The lowest BCUT2D eigenvalue weighted by Crippen LogP contribution is -2.59. The van der Waals surface area contributed by atoms with Gasteiger partial charge in [0.25, 0.3) is 5.56 Å². The summed E-state index contributed by atoms with van der Waals surface area (Å²) in [5, 5.41) is 0. The lowest BCUT2D eigenvalue weighted by atomic mass is 9.75. The molecule has 1 saturated heterocycles. The molecule has 0 spiro atoms. The van der Waals surface area contributed by atoms with E-state index in [1.165, 1.54) is 0 Å². The highest BCUT2D eigenvalue weighted by Gasteiger charge is 2.44. The number of aryl methyl sites for hydroxylation is 2. The number of H-pyrrole nitrogens is 1. The normalized spacial score (nSPS) is 30.9. The Morgan fingerprint density at radius 2 is 2.09 bits per heavy atom. The van der Waals surface area contributed by atoms with Crippen LogP contribution in [0.15, 0.2) is 4.79 Å². The molecule has 2 atom stereocenters. The Labute approximate surface area is 138 Å². The predicted octanol–water partition coefficient (Wildman–Crippen LogP) is 2.07. The lowest BCUT2D eigenvalue weighted by Gasteiger charge is -2.52. The molecule has 5 heteroatoms. The summed E-state index contributed by atoms with van der Waals surface area (Å²) in [6.07, 6.45) is 4.10. The summed E-state index contributed by atoms with van der Waals surface area (Å²) in [6.45, 7) is 10.8. The summed E-state index contributed by atoms with van der Waals surface area (Å²) in [5.74, 6) is 0.722. The Morgan fingerprint density at radius 1 is 1.35 bits per heavy atom. The molecule has 2 aliphatic rings. The van der Waals surface area contributed by atoms with Crippen molar-refractivity contribution in [1.29, 1.82) is 0 Å². The summed E-state index contributed by atoms with van der Waals surface area (Å²) in [7, 11) is 1.81. The molecule has 128 valence electrons. The highest BCUT2D eigenvalue weighted by Crippen LogP contribution is 2.38. The minimum absolute atomic E-state index is 0.0346. The van der Waals surface area contributed by atoms with Crippen LogP contribution in [0.5, 0.6) is 0 Å². The maximum atomic E-state index is 12.3. The number of hydrogen-bond donors (Lipinski definition) is 1. The summed E-state index contributed by atoms with van der Waals surface area (Å²) < 4.78 is 5.67. The van der Waals surface area contributed by atoms with E-state index in [9.17, 15) is 4.79 Å². The van der Waals surface area contributed by atoms with Crippen molar-refractivity contribution in [2.45, 2.75) is 65.0 Å². The molecular weight excluding hydrogens is 290 g/mol. The molecule has 0 amide bonds. The average Bonchev–Trinajstić information content (AvgIpc) is 2.47. The molecule has 0 aromatic carbocycles. The lowest BCUT2D eigenvalue weighted by molar-refractivity contribution is -0.0814. The van der Waals surface area contributed by atoms with Crippen molar-refractivity contribution in [1.82, 2.24) is 14.9 Å². The van der Waals surface area contributed by atoms with Crippen molar-refractivity contribution in [3.05, 3.63) is 27.4 Å². The zero-order valence-corrected chi connectivity index (χ0v) is 15.0. The molecule has 2 unspecified atom stereocenters. The maximum absolute atomic E-state index is 12.3. The fourth-order valence-corrected chi connectivity index (χ4v) is 4.42. The first-order valence-corrected chi connectivity index (χ1v) is 8.62. The Balaban J connectivity index is 1.85. The number of likely N-dealkylation sites (tertiary alicyclic amines) is 1. The molecule has 3 rings (SSSR count). The Hall–Kier alpha value is -1.20. The summed E-state index contributed by atoms with van der Waals surface area (Å²) in [4.78, 5) is 22.3. The minimum Gasteiger partial charge on any atom is -0.381 e. The van der Waals surface area contributed by atoms with Crippen LogP contribution in [0.4, 0.5) is 0 Å². The molecule has 0 radical (unpaired) electrons. The molecule has 1 aliphatic carbocycles. The first kappa shape index (κ1) is 16.7. The van der Waals surface area contributed by atoms with Gasteiger partial charge in [-0.3, -0.25) is 9.69 Å². The van der Waals surface area contributed by atoms with E-state index in [1.807, 2.05) is 14.0 Å². The van der Waals surface area contributed by atoms with Gasteiger partial charge in [-0.2, -0.15) is 0 Å². The van der Waals surface area contributed by atoms with E-state index in [2.05, 4.69) is 35.6 Å². The van der Waals surface area contributed by atoms with Crippen LogP contribution in [0.25, 0.3) is 0 Å². The fraction of sp³-hybridized carbons (Fsp3) is 0.778. The van der Waals surface area contributed by atoms with E-state index in [1.54, 1.807) is 0 Å². The monoisotopic (exact) mass is 319 g/mol. The molecule has 1 aliphatic heterocycles. The van der Waals surface area contributed by atoms with Crippen LogP contribution in [-0.4, -0.2) is 46.7 Å². The van der Waals surface area contributed by atoms with Crippen molar-refractivity contribution in [2.24, 2.45) is 5.41 Å². The molecule has 1 aromatic rings. The van der Waals surface area contributed by atoms with Crippen LogP contribution in [0.2, 0.25) is 0 Å². The average molecular weight is 319 g/mol. The largest absolute Gasteiger partial charge is 0.381 e. The Morgan fingerprint density at radius 3 is 2.74 bits per heavy atom. The molecular formula is C18H29N3O2. The third kappa shape index (κ3) is 2.96. The Bertz CT molecular complexity index is 652. The number of aromatic nitrogens is 2. The highest BCUT2D eigenvalue weighted by atomic mass is 16.5. The van der Waals surface area contributed by atoms with Gasteiger partial charge in [-0.25, -0.2) is 4.98 Å². The first-order chi connectivity index (χ1) is 10.7. The number of nitrogens with zero attached hydrogens (tertiary/aromatic N) is 2. The minimum atomic E-state index is 0.0346. The topological polar surface area (TPSA) is 58.2 Å². The second kappa shape index (κ2) is 5.71. The van der Waals surface area contributed by atoms with Crippen molar-refractivity contribution >= 4 is 0 Å².